The van der Waals surface area contributed by atoms with Crippen LogP contribution in [0.1, 0.15) is 37.4 Å². The lowest BCUT2D eigenvalue weighted by molar-refractivity contribution is -0.131. The van der Waals surface area contributed by atoms with Crippen molar-refractivity contribution >= 4 is 5.91 Å². The van der Waals surface area contributed by atoms with Crippen LogP contribution in [0.2, 0.25) is 0 Å². The van der Waals surface area contributed by atoms with Crippen molar-refractivity contribution in [2.75, 3.05) is 26.8 Å². The molecule has 3 fully saturated rings. The number of aromatic nitrogens is 5. The number of rotatable bonds is 8. The number of ether oxygens (including phenoxy) is 2. The van der Waals surface area contributed by atoms with Crippen LogP contribution in [0.25, 0.3) is 0 Å². The summed E-state index contributed by atoms with van der Waals surface area (Å²) < 4.78 is 15.3. The number of nitrogens with zero attached hydrogens (tertiary/aromatic N) is 6. The van der Waals surface area contributed by atoms with Crippen molar-refractivity contribution in [3.8, 4) is 0 Å². The Morgan fingerprint density at radius 3 is 2.80 bits per heavy atom. The lowest BCUT2D eigenvalue weighted by atomic mass is 9.77. The zero-order valence-corrected chi connectivity index (χ0v) is 17.5. The number of amides is 1. The standard InChI is InChI=1S/C21H30N6O3/c1-29-14-18-11-27(24-23-18)19-7-16-9-25(21(28)12-26-6-2-5-22-26)10-17(16)8-20(19)30-13-15-3-4-15/h2,5-6,11,15-17,19-20H,3-4,7-10,12-14H2,1H3/t16-,17+,19-,20-/m1/s1. The van der Waals surface area contributed by atoms with Crippen LogP contribution < -0.4 is 0 Å². The van der Waals surface area contributed by atoms with Gasteiger partial charge in [0.2, 0.25) is 5.91 Å². The number of fused-ring (bicyclic) bond motifs is 1. The molecule has 0 unspecified atom stereocenters. The van der Waals surface area contributed by atoms with Crippen LogP contribution >= 0.6 is 0 Å². The summed E-state index contributed by atoms with van der Waals surface area (Å²) in [5, 5.41) is 12.8. The van der Waals surface area contributed by atoms with Crippen LogP contribution in [0.4, 0.5) is 0 Å². The van der Waals surface area contributed by atoms with Gasteiger partial charge in [-0.05, 0) is 49.5 Å². The highest BCUT2D eigenvalue weighted by Gasteiger charge is 2.45. The third kappa shape index (κ3) is 4.27. The average Bonchev–Trinajstić information content (AvgIpc) is 3.12. The molecule has 1 amide bonds. The molecule has 9 nitrogen and oxygen atoms in total. The van der Waals surface area contributed by atoms with E-state index in [-0.39, 0.29) is 18.1 Å². The van der Waals surface area contributed by atoms with E-state index >= 15 is 0 Å². The predicted octanol–water partition coefficient (Wildman–Crippen LogP) is 1.53. The second-order valence-electron chi connectivity index (χ2n) is 9.00. The largest absolute Gasteiger partial charge is 0.378 e. The predicted molar refractivity (Wildman–Crippen MR) is 107 cm³/mol. The quantitative estimate of drug-likeness (QED) is 0.651. The van der Waals surface area contributed by atoms with Crippen LogP contribution in [0, 0.1) is 17.8 Å². The first-order valence-corrected chi connectivity index (χ1v) is 11.0. The highest BCUT2D eigenvalue weighted by molar-refractivity contribution is 5.76. The van der Waals surface area contributed by atoms with Gasteiger partial charge in [0.05, 0.1) is 24.9 Å². The van der Waals surface area contributed by atoms with E-state index in [1.54, 1.807) is 18.0 Å². The lowest BCUT2D eigenvalue weighted by Gasteiger charge is -2.37. The molecule has 2 aliphatic carbocycles. The van der Waals surface area contributed by atoms with Crippen molar-refractivity contribution in [3.05, 3.63) is 30.4 Å². The average molecular weight is 415 g/mol. The van der Waals surface area contributed by atoms with Crippen LogP contribution in [0.5, 0.6) is 0 Å². The summed E-state index contributed by atoms with van der Waals surface area (Å²) in [6, 6.07) is 2.00. The molecule has 1 aliphatic heterocycles. The van der Waals surface area contributed by atoms with Crippen molar-refractivity contribution < 1.29 is 14.3 Å². The summed E-state index contributed by atoms with van der Waals surface area (Å²) in [6.45, 7) is 3.21. The van der Waals surface area contributed by atoms with Crippen molar-refractivity contribution in [2.24, 2.45) is 17.8 Å². The summed E-state index contributed by atoms with van der Waals surface area (Å²) in [4.78, 5) is 14.8. The Morgan fingerprint density at radius 1 is 1.23 bits per heavy atom. The van der Waals surface area contributed by atoms with Gasteiger partial charge < -0.3 is 14.4 Å². The fourth-order valence-electron chi connectivity index (χ4n) is 4.92. The van der Waals surface area contributed by atoms with Gasteiger partial charge in [0, 0.05) is 39.2 Å². The lowest BCUT2D eigenvalue weighted by Crippen LogP contribution is -2.38. The molecule has 162 valence electrons. The maximum Gasteiger partial charge on any atom is 0.244 e. The molecule has 4 atom stereocenters. The Kier molecular flexibility index (Phi) is 5.56. The highest BCUT2D eigenvalue weighted by atomic mass is 16.5. The Hall–Kier alpha value is -2.26. The van der Waals surface area contributed by atoms with Gasteiger partial charge in [-0.25, -0.2) is 4.68 Å². The molecule has 0 aromatic carbocycles. The summed E-state index contributed by atoms with van der Waals surface area (Å²) in [5.41, 5.74) is 0.836. The molecule has 2 aromatic rings. The molecule has 0 N–H and O–H groups in total. The zero-order chi connectivity index (χ0) is 20.5. The normalized spacial score (nSPS) is 28.6. The van der Waals surface area contributed by atoms with Crippen molar-refractivity contribution in [1.29, 1.82) is 0 Å². The van der Waals surface area contributed by atoms with Gasteiger partial charge in [-0.1, -0.05) is 5.21 Å². The molecule has 1 saturated heterocycles. The second kappa shape index (κ2) is 8.47. The van der Waals surface area contributed by atoms with Crippen LogP contribution in [0.15, 0.2) is 24.7 Å². The Morgan fingerprint density at radius 2 is 2.07 bits per heavy atom. The molecule has 3 aliphatic rings. The zero-order valence-electron chi connectivity index (χ0n) is 17.5. The van der Waals surface area contributed by atoms with Crippen LogP contribution in [0.3, 0.4) is 0 Å². The maximum absolute atomic E-state index is 12.8. The first kappa shape index (κ1) is 19.7. The minimum atomic E-state index is 0.116. The van der Waals surface area contributed by atoms with E-state index in [9.17, 15) is 4.79 Å². The van der Waals surface area contributed by atoms with E-state index in [1.165, 1.54) is 12.8 Å². The number of hydrogen-bond acceptors (Lipinski definition) is 6. The molecule has 9 heteroatoms. The Bertz CT molecular complexity index is 849. The van der Waals surface area contributed by atoms with Crippen LogP contribution in [-0.2, 0) is 27.4 Å². The highest BCUT2D eigenvalue weighted by Crippen LogP contribution is 2.43. The first-order valence-electron chi connectivity index (χ1n) is 11.0. The van der Waals surface area contributed by atoms with E-state index in [4.69, 9.17) is 9.47 Å². The third-order valence-corrected chi connectivity index (χ3v) is 6.73. The number of carbonyl (C=O) groups excluding carboxylic acids is 1. The molecular weight excluding hydrogens is 384 g/mol. The van der Waals surface area contributed by atoms with Gasteiger partial charge in [0.25, 0.3) is 0 Å². The minimum absolute atomic E-state index is 0.116. The maximum atomic E-state index is 12.8. The molecule has 0 radical (unpaired) electrons. The molecule has 2 aromatic heterocycles. The van der Waals surface area contributed by atoms with E-state index < -0.39 is 0 Å². The molecule has 3 heterocycles. The first-order chi connectivity index (χ1) is 14.7. The summed E-state index contributed by atoms with van der Waals surface area (Å²) >= 11 is 0. The number of carbonyl (C=O) groups is 1. The van der Waals surface area contributed by atoms with Gasteiger partial charge >= 0.3 is 0 Å². The Balaban J connectivity index is 1.27. The Labute approximate surface area is 176 Å². The number of hydrogen-bond donors (Lipinski definition) is 0. The second-order valence-corrected chi connectivity index (χ2v) is 9.00. The van der Waals surface area contributed by atoms with E-state index in [0.717, 1.165) is 44.1 Å². The van der Waals surface area contributed by atoms with E-state index in [2.05, 4.69) is 15.4 Å². The van der Waals surface area contributed by atoms with Gasteiger partial charge in [-0.15, -0.1) is 5.10 Å². The van der Waals surface area contributed by atoms with Crippen molar-refractivity contribution in [2.45, 2.75) is 51.0 Å². The summed E-state index contributed by atoms with van der Waals surface area (Å²) in [7, 11) is 1.67. The fraction of sp³-hybridized carbons (Fsp3) is 0.714. The third-order valence-electron chi connectivity index (χ3n) is 6.73. The summed E-state index contributed by atoms with van der Waals surface area (Å²) in [5.74, 6) is 1.81. The molecular formula is C21H30N6O3. The molecule has 5 rings (SSSR count). The molecule has 0 bridgehead atoms. The molecule has 0 spiro atoms. The topological polar surface area (TPSA) is 87.3 Å². The van der Waals surface area contributed by atoms with E-state index in [0.29, 0.717) is 25.0 Å². The minimum Gasteiger partial charge on any atom is -0.378 e. The molecule has 2 saturated carbocycles. The van der Waals surface area contributed by atoms with Gasteiger partial charge in [-0.3, -0.25) is 9.48 Å². The SMILES string of the molecule is COCc1cn([C@@H]2C[C@@H]3CN(C(=O)Cn4cccn4)C[C@@H]3C[C@H]2OCC2CC2)nn1. The number of likely N-dealkylation sites (tertiary alicyclic amines) is 1. The van der Waals surface area contributed by atoms with Gasteiger partial charge in [0.15, 0.2) is 0 Å². The van der Waals surface area contributed by atoms with E-state index in [1.807, 2.05) is 28.0 Å². The van der Waals surface area contributed by atoms with Crippen molar-refractivity contribution in [1.82, 2.24) is 29.7 Å². The van der Waals surface area contributed by atoms with Crippen molar-refractivity contribution in [3.63, 3.8) is 0 Å². The fourth-order valence-corrected chi connectivity index (χ4v) is 4.92. The molecule has 30 heavy (non-hydrogen) atoms. The monoisotopic (exact) mass is 414 g/mol. The van der Waals surface area contributed by atoms with Crippen LogP contribution in [-0.4, -0.2) is 68.5 Å². The van der Waals surface area contributed by atoms with Gasteiger partial charge in [0.1, 0.15) is 12.2 Å². The van der Waals surface area contributed by atoms with Gasteiger partial charge in [-0.2, -0.15) is 5.10 Å². The summed E-state index contributed by atoms with van der Waals surface area (Å²) in [6.07, 6.45) is 10.1. The smallest absolute Gasteiger partial charge is 0.244 e. The number of methoxy groups -OCH3 is 1.